The van der Waals surface area contributed by atoms with Crippen molar-refractivity contribution in [2.45, 2.75) is 32.0 Å². The van der Waals surface area contributed by atoms with Crippen molar-refractivity contribution >= 4 is 0 Å². The predicted molar refractivity (Wildman–Crippen MR) is 67.3 cm³/mol. The van der Waals surface area contributed by atoms with Gasteiger partial charge >= 0.3 is 6.18 Å². The van der Waals surface area contributed by atoms with Crippen molar-refractivity contribution in [2.75, 3.05) is 13.7 Å². The largest absolute Gasteiger partial charge is 0.497 e. The van der Waals surface area contributed by atoms with Gasteiger partial charge in [-0.2, -0.15) is 13.2 Å². The second-order valence-electron chi connectivity index (χ2n) is 4.94. The van der Waals surface area contributed by atoms with Crippen LogP contribution in [-0.4, -0.2) is 19.8 Å². The number of aryl methyl sites for hydroxylation is 1. The molecule has 0 radical (unpaired) electrons. The summed E-state index contributed by atoms with van der Waals surface area (Å²) in [5, 5.41) is 3.01. The van der Waals surface area contributed by atoms with Gasteiger partial charge in [0.25, 0.3) is 0 Å². The zero-order chi connectivity index (χ0) is 14.0. The average Bonchev–Trinajstić information content (AvgIpc) is 2.37. The van der Waals surface area contributed by atoms with Gasteiger partial charge in [-0.25, -0.2) is 0 Å². The zero-order valence-corrected chi connectivity index (χ0v) is 11.1. The molecule has 19 heavy (non-hydrogen) atoms. The molecule has 0 spiro atoms. The fraction of sp³-hybridized carbons (Fsp3) is 0.571. The number of nitrogens with one attached hydrogen (secondary N) is 1. The first kappa shape index (κ1) is 14.2. The van der Waals surface area contributed by atoms with E-state index in [9.17, 15) is 13.2 Å². The van der Waals surface area contributed by atoms with Crippen LogP contribution >= 0.6 is 0 Å². The van der Waals surface area contributed by atoms with Crippen molar-refractivity contribution in [3.63, 3.8) is 0 Å². The normalized spacial score (nSPS) is 24.3. The van der Waals surface area contributed by atoms with Gasteiger partial charge in [0.15, 0.2) is 0 Å². The van der Waals surface area contributed by atoms with Crippen LogP contribution in [0.15, 0.2) is 18.2 Å². The van der Waals surface area contributed by atoms with E-state index in [-0.39, 0.29) is 6.42 Å². The quantitative estimate of drug-likeness (QED) is 0.888. The van der Waals surface area contributed by atoms with Crippen molar-refractivity contribution in [3.05, 3.63) is 29.3 Å². The first-order chi connectivity index (χ1) is 8.93. The second kappa shape index (κ2) is 5.41. The number of methoxy groups -OCH3 is 1. The Morgan fingerprint density at radius 1 is 1.32 bits per heavy atom. The summed E-state index contributed by atoms with van der Waals surface area (Å²) in [7, 11) is 1.55. The third kappa shape index (κ3) is 3.03. The van der Waals surface area contributed by atoms with Crippen LogP contribution < -0.4 is 10.1 Å². The van der Waals surface area contributed by atoms with Gasteiger partial charge in [-0.1, -0.05) is 6.07 Å². The Hall–Kier alpha value is -1.23. The Bertz CT molecular complexity index is 445. The molecule has 0 bridgehead atoms. The lowest BCUT2D eigenvalue weighted by Crippen LogP contribution is -2.41. The topological polar surface area (TPSA) is 21.3 Å². The fourth-order valence-corrected chi connectivity index (χ4v) is 2.69. The van der Waals surface area contributed by atoms with E-state index in [0.29, 0.717) is 24.3 Å². The summed E-state index contributed by atoms with van der Waals surface area (Å²) in [5.41, 5.74) is 1.54. The number of hydrogen-bond acceptors (Lipinski definition) is 2. The van der Waals surface area contributed by atoms with Gasteiger partial charge < -0.3 is 10.1 Å². The molecule has 106 valence electrons. The van der Waals surface area contributed by atoms with Gasteiger partial charge in [0, 0.05) is 6.04 Å². The summed E-state index contributed by atoms with van der Waals surface area (Å²) in [6.45, 7) is 2.45. The number of hydrogen-bond donors (Lipinski definition) is 1. The summed E-state index contributed by atoms with van der Waals surface area (Å²) in [6.07, 6.45) is -3.41. The minimum absolute atomic E-state index is 0.187. The minimum Gasteiger partial charge on any atom is -0.497 e. The molecule has 1 saturated heterocycles. The van der Waals surface area contributed by atoms with E-state index >= 15 is 0 Å². The molecule has 1 aromatic rings. The SMILES string of the molecule is COc1ccc(C2NCCCC2C(F)(F)F)c(C)c1. The van der Waals surface area contributed by atoms with Crippen molar-refractivity contribution < 1.29 is 17.9 Å². The Balaban J connectivity index is 2.32. The maximum atomic E-state index is 13.1. The molecule has 0 aromatic heterocycles. The fourth-order valence-electron chi connectivity index (χ4n) is 2.69. The molecule has 1 fully saturated rings. The molecular formula is C14H18F3NO. The molecule has 0 aliphatic carbocycles. The number of rotatable bonds is 2. The smallest absolute Gasteiger partial charge is 0.393 e. The molecule has 0 saturated carbocycles. The van der Waals surface area contributed by atoms with Gasteiger partial charge in [-0.15, -0.1) is 0 Å². The van der Waals surface area contributed by atoms with E-state index in [4.69, 9.17) is 4.74 Å². The summed E-state index contributed by atoms with van der Waals surface area (Å²) in [5.74, 6) is -0.644. The van der Waals surface area contributed by atoms with Gasteiger partial charge in [0.05, 0.1) is 13.0 Å². The number of halogens is 3. The Morgan fingerprint density at radius 3 is 2.63 bits per heavy atom. The highest BCUT2D eigenvalue weighted by molar-refractivity contribution is 5.37. The standard InChI is InChI=1S/C14H18F3NO/c1-9-8-10(19-2)5-6-11(9)13-12(14(15,16)17)4-3-7-18-13/h5-6,8,12-13,18H,3-4,7H2,1-2H3. The van der Waals surface area contributed by atoms with Crippen LogP contribution in [0.2, 0.25) is 0 Å². The highest BCUT2D eigenvalue weighted by Crippen LogP contribution is 2.42. The van der Waals surface area contributed by atoms with Gasteiger partial charge in [0.2, 0.25) is 0 Å². The number of alkyl halides is 3. The summed E-state index contributed by atoms with van der Waals surface area (Å²) in [4.78, 5) is 0. The minimum atomic E-state index is -4.16. The first-order valence-corrected chi connectivity index (χ1v) is 6.38. The molecule has 2 nitrogen and oxygen atoms in total. The van der Waals surface area contributed by atoms with Crippen molar-refractivity contribution in [2.24, 2.45) is 5.92 Å². The zero-order valence-electron chi connectivity index (χ0n) is 11.1. The van der Waals surface area contributed by atoms with Crippen LogP contribution in [-0.2, 0) is 0 Å². The van der Waals surface area contributed by atoms with E-state index in [1.54, 1.807) is 25.3 Å². The number of ether oxygens (including phenoxy) is 1. The predicted octanol–water partition coefficient (Wildman–Crippen LogP) is 3.61. The van der Waals surface area contributed by atoms with Gasteiger partial charge in [-0.05, 0) is 49.6 Å². The Labute approximate surface area is 111 Å². The van der Waals surface area contributed by atoms with Crippen molar-refractivity contribution in [1.29, 1.82) is 0 Å². The highest BCUT2D eigenvalue weighted by Gasteiger charge is 2.46. The molecule has 2 rings (SSSR count). The van der Waals surface area contributed by atoms with Crippen molar-refractivity contribution in [1.82, 2.24) is 5.32 Å². The molecule has 5 heteroatoms. The molecule has 1 aliphatic rings. The molecule has 1 heterocycles. The third-order valence-corrected chi connectivity index (χ3v) is 3.69. The molecule has 1 aromatic carbocycles. The molecule has 0 amide bonds. The molecule has 2 atom stereocenters. The molecule has 1 N–H and O–H groups in total. The monoisotopic (exact) mass is 273 g/mol. The Kier molecular flexibility index (Phi) is 4.04. The van der Waals surface area contributed by atoms with Crippen molar-refractivity contribution in [3.8, 4) is 5.75 Å². The molecule has 2 unspecified atom stereocenters. The lowest BCUT2D eigenvalue weighted by atomic mass is 9.84. The van der Waals surface area contributed by atoms with E-state index in [1.807, 2.05) is 6.92 Å². The summed E-state index contributed by atoms with van der Waals surface area (Å²) in [6, 6.07) is 4.57. The highest BCUT2D eigenvalue weighted by atomic mass is 19.4. The van der Waals surface area contributed by atoms with E-state index < -0.39 is 18.1 Å². The van der Waals surface area contributed by atoms with E-state index in [0.717, 1.165) is 5.56 Å². The molecule has 1 aliphatic heterocycles. The number of piperidine rings is 1. The van der Waals surface area contributed by atoms with Crippen LogP contribution in [0.5, 0.6) is 5.75 Å². The summed E-state index contributed by atoms with van der Waals surface area (Å²) < 4.78 is 44.4. The lowest BCUT2D eigenvalue weighted by Gasteiger charge is -2.35. The van der Waals surface area contributed by atoms with Crippen LogP contribution in [0, 0.1) is 12.8 Å². The first-order valence-electron chi connectivity index (χ1n) is 6.38. The number of benzene rings is 1. The maximum absolute atomic E-state index is 13.1. The summed E-state index contributed by atoms with van der Waals surface area (Å²) >= 11 is 0. The second-order valence-corrected chi connectivity index (χ2v) is 4.94. The average molecular weight is 273 g/mol. The van der Waals surface area contributed by atoms with Crippen LogP contribution in [0.1, 0.15) is 30.0 Å². The van der Waals surface area contributed by atoms with E-state index in [1.165, 1.54) is 0 Å². The maximum Gasteiger partial charge on any atom is 0.393 e. The van der Waals surface area contributed by atoms with Crippen LogP contribution in [0.3, 0.4) is 0 Å². The third-order valence-electron chi connectivity index (χ3n) is 3.69. The van der Waals surface area contributed by atoms with Crippen LogP contribution in [0.4, 0.5) is 13.2 Å². The molecular weight excluding hydrogens is 255 g/mol. The van der Waals surface area contributed by atoms with Gasteiger partial charge in [-0.3, -0.25) is 0 Å². The Morgan fingerprint density at radius 2 is 2.05 bits per heavy atom. The van der Waals surface area contributed by atoms with Gasteiger partial charge in [0.1, 0.15) is 5.75 Å². The lowest BCUT2D eigenvalue weighted by molar-refractivity contribution is -0.189. The van der Waals surface area contributed by atoms with Crippen LogP contribution in [0.25, 0.3) is 0 Å². The van der Waals surface area contributed by atoms with E-state index in [2.05, 4.69) is 5.32 Å².